The van der Waals surface area contributed by atoms with E-state index in [1.54, 1.807) is 7.11 Å². The minimum atomic E-state index is -0.267. The summed E-state index contributed by atoms with van der Waals surface area (Å²) < 4.78 is 9.95. The molecule has 4 heteroatoms. The van der Waals surface area contributed by atoms with E-state index in [1.165, 1.54) is 7.11 Å². The van der Waals surface area contributed by atoms with Crippen LogP contribution in [0.5, 0.6) is 5.75 Å². The summed E-state index contributed by atoms with van der Waals surface area (Å²) in [5.74, 6) is 0.619. The van der Waals surface area contributed by atoms with Crippen molar-refractivity contribution >= 4 is 5.97 Å². The molecule has 0 bridgehead atoms. The van der Waals surface area contributed by atoms with Gasteiger partial charge in [-0.3, -0.25) is 10.1 Å². The van der Waals surface area contributed by atoms with Crippen LogP contribution in [0, 0.1) is 0 Å². The third-order valence-corrected chi connectivity index (χ3v) is 3.22. The van der Waals surface area contributed by atoms with Gasteiger partial charge in [0.15, 0.2) is 0 Å². The highest BCUT2D eigenvalue weighted by molar-refractivity contribution is 5.75. The summed E-state index contributed by atoms with van der Waals surface area (Å²) in [4.78, 5) is 11.6. The van der Waals surface area contributed by atoms with Crippen LogP contribution < -0.4 is 10.1 Å². The maximum atomic E-state index is 11.6. The Kier molecular flexibility index (Phi) is 6.36. The predicted molar refractivity (Wildman–Crippen MR) is 75.3 cm³/mol. The van der Waals surface area contributed by atoms with Crippen molar-refractivity contribution < 1.29 is 14.3 Å². The summed E-state index contributed by atoms with van der Waals surface area (Å²) >= 11 is 0. The fourth-order valence-electron chi connectivity index (χ4n) is 2.02. The van der Waals surface area contributed by atoms with Crippen molar-refractivity contribution in [1.82, 2.24) is 5.32 Å². The van der Waals surface area contributed by atoms with Gasteiger partial charge in [-0.05, 0) is 30.5 Å². The Morgan fingerprint density at radius 3 is 2.21 bits per heavy atom. The van der Waals surface area contributed by atoms with Gasteiger partial charge in [0.05, 0.1) is 14.2 Å². The van der Waals surface area contributed by atoms with Crippen LogP contribution in [0.15, 0.2) is 24.3 Å². The highest BCUT2D eigenvalue weighted by Crippen LogP contribution is 2.21. The SMILES string of the molecule is CCC(NC(CC)c1ccc(OC)cc1)C(=O)OC. The topological polar surface area (TPSA) is 47.6 Å². The van der Waals surface area contributed by atoms with E-state index in [4.69, 9.17) is 9.47 Å². The minimum Gasteiger partial charge on any atom is -0.497 e. The Hall–Kier alpha value is -1.55. The Morgan fingerprint density at radius 1 is 1.16 bits per heavy atom. The molecule has 1 aromatic carbocycles. The quantitative estimate of drug-likeness (QED) is 0.770. The molecule has 19 heavy (non-hydrogen) atoms. The average molecular weight is 265 g/mol. The number of nitrogens with one attached hydrogen (secondary N) is 1. The van der Waals surface area contributed by atoms with Crippen LogP contribution in [-0.2, 0) is 9.53 Å². The van der Waals surface area contributed by atoms with Crippen LogP contribution in [-0.4, -0.2) is 26.2 Å². The number of methoxy groups -OCH3 is 2. The third-order valence-electron chi connectivity index (χ3n) is 3.22. The van der Waals surface area contributed by atoms with E-state index < -0.39 is 0 Å². The second kappa shape index (κ2) is 7.79. The van der Waals surface area contributed by atoms with E-state index in [9.17, 15) is 4.79 Å². The third kappa shape index (κ3) is 4.24. The second-order valence-corrected chi connectivity index (χ2v) is 4.38. The molecule has 0 radical (unpaired) electrons. The van der Waals surface area contributed by atoms with E-state index >= 15 is 0 Å². The predicted octanol–water partition coefficient (Wildman–Crippen LogP) is 2.69. The first-order chi connectivity index (χ1) is 9.15. The van der Waals surface area contributed by atoms with Crippen LogP contribution in [0.1, 0.15) is 38.3 Å². The molecule has 0 saturated carbocycles. The van der Waals surface area contributed by atoms with Gasteiger partial charge in [-0.1, -0.05) is 26.0 Å². The molecule has 0 aliphatic carbocycles. The summed E-state index contributed by atoms with van der Waals surface area (Å²) in [6.45, 7) is 4.06. The zero-order valence-electron chi connectivity index (χ0n) is 12.1. The lowest BCUT2D eigenvalue weighted by Gasteiger charge is -2.23. The second-order valence-electron chi connectivity index (χ2n) is 4.38. The lowest BCUT2D eigenvalue weighted by atomic mass is 10.0. The first kappa shape index (κ1) is 15.5. The van der Waals surface area contributed by atoms with E-state index in [0.29, 0.717) is 6.42 Å². The summed E-state index contributed by atoms with van der Waals surface area (Å²) in [7, 11) is 3.07. The summed E-state index contributed by atoms with van der Waals surface area (Å²) in [5, 5.41) is 3.34. The monoisotopic (exact) mass is 265 g/mol. The Bertz CT molecular complexity index is 389. The molecule has 0 aromatic heterocycles. The van der Waals surface area contributed by atoms with Crippen molar-refractivity contribution in [1.29, 1.82) is 0 Å². The molecule has 0 aliphatic heterocycles. The van der Waals surface area contributed by atoms with Gasteiger partial charge in [0.25, 0.3) is 0 Å². The smallest absolute Gasteiger partial charge is 0.322 e. The van der Waals surface area contributed by atoms with Crippen molar-refractivity contribution in [2.75, 3.05) is 14.2 Å². The molecule has 106 valence electrons. The van der Waals surface area contributed by atoms with Gasteiger partial charge < -0.3 is 9.47 Å². The number of carbonyl (C=O) groups excluding carboxylic acids is 1. The molecule has 0 fully saturated rings. The first-order valence-corrected chi connectivity index (χ1v) is 6.64. The molecule has 2 unspecified atom stereocenters. The van der Waals surface area contributed by atoms with E-state index in [1.807, 2.05) is 31.2 Å². The molecule has 4 nitrogen and oxygen atoms in total. The molecule has 1 N–H and O–H groups in total. The Morgan fingerprint density at radius 2 is 1.79 bits per heavy atom. The lowest BCUT2D eigenvalue weighted by molar-refractivity contribution is -0.143. The van der Waals surface area contributed by atoms with E-state index in [0.717, 1.165) is 17.7 Å². The fourth-order valence-corrected chi connectivity index (χ4v) is 2.02. The molecular weight excluding hydrogens is 242 g/mol. The van der Waals surface area contributed by atoms with E-state index in [-0.39, 0.29) is 18.1 Å². The van der Waals surface area contributed by atoms with Crippen molar-refractivity contribution in [2.45, 2.75) is 38.8 Å². The van der Waals surface area contributed by atoms with Crippen molar-refractivity contribution in [3.8, 4) is 5.75 Å². The van der Waals surface area contributed by atoms with Gasteiger partial charge in [-0.15, -0.1) is 0 Å². The van der Waals surface area contributed by atoms with Crippen molar-refractivity contribution in [3.05, 3.63) is 29.8 Å². The normalized spacial score (nSPS) is 13.7. The van der Waals surface area contributed by atoms with Gasteiger partial charge in [0, 0.05) is 6.04 Å². The number of hydrogen-bond acceptors (Lipinski definition) is 4. The molecule has 1 rings (SSSR count). The molecule has 0 saturated heterocycles. The van der Waals surface area contributed by atoms with Crippen LogP contribution in [0.4, 0.5) is 0 Å². The van der Waals surface area contributed by atoms with Gasteiger partial charge in [-0.25, -0.2) is 0 Å². The molecule has 2 atom stereocenters. The number of benzene rings is 1. The summed E-state index contributed by atoms with van der Waals surface area (Å²) in [6, 6.07) is 7.76. The molecule has 0 spiro atoms. The van der Waals surface area contributed by atoms with Crippen LogP contribution >= 0.6 is 0 Å². The number of ether oxygens (including phenoxy) is 2. The molecular formula is C15H23NO3. The molecule has 0 amide bonds. The Balaban J connectivity index is 2.78. The molecule has 1 aromatic rings. The number of rotatable bonds is 7. The highest BCUT2D eigenvalue weighted by atomic mass is 16.5. The first-order valence-electron chi connectivity index (χ1n) is 6.64. The summed E-state index contributed by atoms with van der Waals surface area (Å²) in [5.41, 5.74) is 1.14. The molecule has 0 heterocycles. The van der Waals surface area contributed by atoms with Gasteiger partial charge in [-0.2, -0.15) is 0 Å². The average Bonchev–Trinajstić information content (AvgIpc) is 2.48. The zero-order chi connectivity index (χ0) is 14.3. The number of esters is 1. The van der Waals surface area contributed by atoms with Gasteiger partial charge in [0.1, 0.15) is 11.8 Å². The van der Waals surface area contributed by atoms with Crippen LogP contribution in [0.25, 0.3) is 0 Å². The van der Waals surface area contributed by atoms with Gasteiger partial charge >= 0.3 is 5.97 Å². The number of hydrogen-bond donors (Lipinski definition) is 1. The standard InChI is InChI=1S/C15H23NO3/c1-5-13(16-14(6-2)15(17)19-4)11-7-9-12(18-3)10-8-11/h7-10,13-14,16H,5-6H2,1-4H3. The maximum absolute atomic E-state index is 11.6. The highest BCUT2D eigenvalue weighted by Gasteiger charge is 2.21. The fraction of sp³-hybridized carbons (Fsp3) is 0.533. The number of carbonyl (C=O) groups is 1. The van der Waals surface area contributed by atoms with Crippen LogP contribution in [0.2, 0.25) is 0 Å². The minimum absolute atomic E-state index is 0.134. The van der Waals surface area contributed by atoms with Crippen molar-refractivity contribution in [3.63, 3.8) is 0 Å². The van der Waals surface area contributed by atoms with Crippen LogP contribution in [0.3, 0.4) is 0 Å². The van der Waals surface area contributed by atoms with E-state index in [2.05, 4.69) is 12.2 Å². The largest absolute Gasteiger partial charge is 0.497 e. The van der Waals surface area contributed by atoms with Crippen molar-refractivity contribution in [2.24, 2.45) is 0 Å². The molecule has 0 aliphatic rings. The lowest BCUT2D eigenvalue weighted by Crippen LogP contribution is -2.39. The zero-order valence-corrected chi connectivity index (χ0v) is 12.1. The van der Waals surface area contributed by atoms with Gasteiger partial charge in [0.2, 0.25) is 0 Å². The summed E-state index contributed by atoms with van der Waals surface area (Å²) in [6.07, 6.45) is 1.61. The Labute approximate surface area is 115 Å². The maximum Gasteiger partial charge on any atom is 0.322 e.